The van der Waals surface area contributed by atoms with E-state index in [0.717, 1.165) is 13.0 Å². The lowest BCUT2D eigenvalue weighted by Crippen LogP contribution is -2.47. The second-order valence-corrected chi connectivity index (χ2v) is 5.50. The number of amides is 2. The molecule has 1 unspecified atom stereocenters. The summed E-state index contributed by atoms with van der Waals surface area (Å²) < 4.78 is 0. The molecule has 0 spiro atoms. The van der Waals surface area contributed by atoms with Crippen LogP contribution in [-0.4, -0.2) is 53.1 Å². The van der Waals surface area contributed by atoms with Gasteiger partial charge in [-0.3, -0.25) is 0 Å². The Morgan fingerprint density at radius 2 is 1.89 bits per heavy atom. The molecular weight excluding hydrogens is 232 g/mol. The van der Waals surface area contributed by atoms with E-state index < -0.39 is 12.0 Å². The maximum absolute atomic E-state index is 12.2. The molecule has 1 aliphatic carbocycles. The van der Waals surface area contributed by atoms with E-state index >= 15 is 0 Å². The Kier molecular flexibility index (Phi) is 4.09. The van der Waals surface area contributed by atoms with Gasteiger partial charge in [-0.1, -0.05) is 12.8 Å². The van der Waals surface area contributed by atoms with Crippen LogP contribution in [0.3, 0.4) is 0 Å². The van der Waals surface area contributed by atoms with Crippen LogP contribution >= 0.6 is 0 Å². The summed E-state index contributed by atoms with van der Waals surface area (Å²) in [5.41, 5.74) is 0. The van der Waals surface area contributed by atoms with Crippen LogP contribution < -0.4 is 0 Å². The molecule has 5 nitrogen and oxygen atoms in total. The largest absolute Gasteiger partial charge is 0.480 e. The fourth-order valence-corrected chi connectivity index (χ4v) is 3.13. The van der Waals surface area contributed by atoms with Gasteiger partial charge in [0.25, 0.3) is 0 Å². The highest BCUT2D eigenvalue weighted by atomic mass is 16.4. The van der Waals surface area contributed by atoms with Crippen LogP contribution in [0.15, 0.2) is 0 Å². The van der Waals surface area contributed by atoms with Gasteiger partial charge in [0.2, 0.25) is 0 Å². The number of carbonyl (C=O) groups is 2. The molecule has 1 N–H and O–H groups in total. The lowest BCUT2D eigenvalue weighted by molar-refractivity contribution is -0.141. The molecule has 5 heteroatoms. The van der Waals surface area contributed by atoms with Gasteiger partial charge in [0.05, 0.1) is 0 Å². The predicted molar refractivity (Wildman–Crippen MR) is 67.3 cm³/mol. The topological polar surface area (TPSA) is 60.9 Å². The third-order valence-corrected chi connectivity index (χ3v) is 4.12. The fraction of sp³-hybridized carbons (Fsp3) is 0.846. The SMILES string of the molecule is CN(CC1CCCC1)C(=O)N1CCCC1C(=O)O. The van der Waals surface area contributed by atoms with Gasteiger partial charge < -0.3 is 14.9 Å². The van der Waals surface area contributed by atoms with Gasteiger partial charge >= 0.3 is 12.0 Å². The first kappa shape index (κ1) is 13.2. The minimum absolute atomic E-state index is 0.119. The standard InChI is InChI=1S/C13H22N2O3/c1-14(9-10-5-2-3-6-10)13(18)15-8-4-7-11(15)12(16)17/h10-11H,2-9H2,1H3,(H,16,17). The number of carboxylic acids is 1. The summed E-state index contributed by atoms with van der Waals surface area (Å²) in [6.07, 6.45) is 6.28. The molecular formula is C13H22N2O3. The number of likely N-dealkylation sites (tertiary alicyclic amines) is 1. The zero-order valence-electron chi connectivity index (χ0n) is 11.0. The van der Waals surface area contributed by atoms with E-state index in [-0.39, 0.29) is 6.03 Å². The van der Waals surface area contributed by atoms with Crippen LogP contribution in [0.1, 0.15) is 38.5 Å². The molecule has 0 aromatic rings. The Bertz CT molecular complexity index is 326. The number of hydrogen-bond acceptors (Lipinski definition) is 2. The van der Waals surface area contributed by atoms with E-state index in [1.165, 1.54) is 30.6 Å². The zero-order chi connectivity index (χ0) is 13.1. The summed E-state index contributed by atoms with van der Waals surface area (Å²) in [6.45, 7) is 1.34. The van der Waals surface area contributed by atoms with Gasteiger partial charge in [0.1, 0.15) is 6.04 Å². The van der Waals surface area contributed by atoms with Crippen molar-refractivity contribution in [1.82, 2.24) is 9.80 Å². The Hall–Kier alpha value is -1.26. The Morgan fingerprint density at radius 1 is 1.22 bits per heavy atom. The van der Waals surface area contributed by atoms with Crippen molar-refractivity contribution in [3.05, 3.63) is 0 Å². The maximum Gasteiger partial charge on any atom is 0.326 e. The van der Waals surface area contributed by atoms with E-state index in [0.29, 0.717) is 18.9 Å². The maximum atomic E-state index is 12.2. The molecule has 1 saturated carbocycles. The third kappa shape index (κ3) is 2.76. The van der Waals surface area contributed by atoms with E-state index in [1.807, 2.05) is 0 Å². The second kappa shape index (κ2) is 5.59. The van der Waals surface area contributed by atoms with Crippen LogP contribution in [0.4, 0.5) is 4.79 Å². The first-order valence-electron chi connectivity index (χ1n) is 6.84. The average molecular weight is 254 g/mol. The Balaban J connectivity index is 1.90. The number of carbonyl (C=O) groups excluding carboxylic acids is 1. The molecule has 102 valence electrons. The Morgan fingerprint density at radius 3 is 2.50 bits per heavy atom. The number of nitrogens with zero attached hydrogens (tertiary/aromatic N) is 2. The molecule has 1 heterocycles. The zero-order valence-corrected chi connectivity index (χ0v) is 11.0. The summed E-state index contributed by atoms with van der Waals surface area (Å²) in [7, 11) is 1.79. The molecule has 18 heavy (non-hydrogen) atoms. The quantitative estimate of drug-likeness (QED) is 0.835. The summed E-state index contributed by atoms with van der Waals surface area (Å²) in [4.78, 5) is 26.5. The van der Waals surface area contributed by atoms with Crippen LogP contribution in [0.25, 0.3) is 0 Å². The van der Waals surface area contributed by atoms with Crippen molar-refractivity contribution in [1.29, 1.82) is 0 Å². The number of urea groups is 1. The molecule has 2 fully saturated rings. The van der Waals surface area contributed by atoms with Crippen molar-refractivity contribution in [2.45, 2.75) is 44.6 Å². The highest BCUT2D eigenvalue weighted by Gasteiger charge is 2.35. The van der Waals surface area contributed by atoms with Crippen LogP contribution in [0, 0.1) is 5.92 Å². The number of hydrogen-bond donors (Lipinski definition) is 1. The molecule has 0 aromatic carbocycles. The highest BCUT2D eigenvalue weighted by molar-refractivity contribution is 5.83. The predicted octanol–water partition coefficient (Wildman–Crippen LogP) is 1.78. The minimum atomic E-state index is -0.880. The first-order chi connectivity index (χ1) is 8.59. The van der Waals surface area contributed by atoms with Crippen LogP contribution in [-0.2, 0) is 4.79 Å². The van der Waals surface area contributed by atoms with Crippen molar-refractivity contribution < 1.29 is 14.7 Å². The van der Waals surface area contributed by atoms with Crippen molar-refractivity contribution in [2.75, 3.05) is 20.1 Å². The molecule has 2 aliphatic rings. The summed E-state index contributed by atoms with van der Waals surface area (Å²) in [5, 5.41) is 9.09. The van der Waals surface area contributed by atoms with Gasteiger partial charge in [-0.25, -0.2) is 9.59 Å². The smallest absolute Gasteiger partial charge is 0.326 e. The monoisotopic (exact) mass is 254 g/mol. The summed E-state index contributed by atoms with van der Waals surface area (Å²) in [6, 6.07) is -0.740. The van der Waals surface area contributed by atoms with Crippen molar-refractivity contribution >= 4 is 12.0 Å². The lowest BCUT2D eigenvalue weighted by atomic mass is 10.1. The molecule has 1 saturated heterocycles. The average Bonchev–Trinajstić information content (AvgIpc) is 2.97. The fourth-order valence-electron chi connectivity index (χ4n) is 3.13. The number of aliphatic carboxylic acids is 1. The lowest BCUT2D eigenvalue weighted by Gasteiger charge is -2.29. The van der Waals surface area contributed by atoms with Gasteiger partial charge in [-0.05, 0) is 31.6 Å². The molecule has 0 bridgehead atoms. The van der Waals surface area contributed by atoms with Gasteiger partial charge in [0, 0.05) is 20.1 Å². The normalized spacial score (nSPS) is 24.5. The molecule has 0 radical (unpaired) electrons. The molecule has 1 aliphatic heterocycles. The summed E-state index contributed by atoms with van der Waals surface area (Å²) in [5.74, 6) is -0.278. The molecule has 1 atom stereocenters. The number of carboxylic acid groups (broad SMARTS) is 1. The highest BCUT2D eigenvalue weighted by Crippen LogP contribution is 2.26. The van der Waals surface area contributed by atoms with Gasteiger partial charge in [-0.2, -0.15) is 0 Å². The second-order valence-electron chi connectivity index (χ2n) is 5.50. The van der Waals surface area contributed by atoms with Gasteiger partial charge in [0.15, 0.2) is 0 Å². The molecule has 2 amide bonds. The van der Waals surface area contributed by atoms with Crippen LogP contribution in [0.5, 0.6) is 0 Å². The third-order valence-electron chi connectivity index (χ3n) is 4.12. The van der Waals surface area contributed by atoms with E-state index in [2.05, 4.69) is 0 Å². The van der Waals surface area contributed by atoms with E-state index in [9.17, 15) is 9.59 Å². The van der Waals surface area contributed by atoms with E-state index in [4.69, 9.17) is 5.11 Å². The van der Waals surface area contributed by atoms with Gasteiger partial charge in [-0.15, -0.1) is 0 Å². The van der Waals surface area contributed by atoms with Crippen molar-refractivity contribution in [2.24, 2.45) is 5.92 Å². The number of rotatable bonds is 3. The summed E-state index contributed by atoms with van der Waals surface area (Å²) >= 11 is 0. The Labute approximate surface area is 108 Å². The van der Waals surface area contributed by atoms with Crippen molar-refractivity contribution in [3.63, 3.8) is 0 Å². The van der Waals surface area contributed by atoms with Crippen molar-refractivity contribution in [3.8, 4) is 0 Å². The molecule has 2 rings (SSSR count). The van der Waals surface area contributed by atoms with E-state index in [1.54, 1.807) is 11.9 Å². The van der Waals surface area contributed by atoms with Crippen LogP contribution in [0.2, 0.25) is 0 Å². The minimum Gasteiger partial charge on any atom is -0.480 e. The first-order valence-corrected chi connectivity index (χ1v) is 6.84. The molecule has 0 aromatic heterocycles.